The molecule has 2 heterocycles. The molecule has 0 aliphatic heterocycles. The zero-order valence-electron chi connectivity index (χ0n) is 5.61. The van der Waals surface area contributed by atoms with Crippen LogP contribution in [0.4, 0.5) is 0 Å². The molecule has 4 nitrogen and oxygen atoms in total. The Morgan fingerprint density at radius 3 is 3.18 bits per heavy atom. The summed E-state index contributed by atoms with van der Waals surface area (Å²) in [5.41, 5.74) is 0.459. The van der Waals surface area contributed by atoms with Gasteiger partial charge in [0.2, 0.25) is 0 Å². The van der Waals surface area contributed by atoms with Crippen molar-refractivity contribution in [2.75, 3.05) is 0 Å². The van der Waals surface area contributed by atoms with Crippen LogP contribution in [-0.2, 0) is 0 Å². The maximum atomic E-state index is 11.1. The van der Waals surface area contributed by atoms with E-state index in [2.05, 4.69) is 10.1 Å². The number of hydrogen-bond donors (Lipinski definition) is 1. The number of nitrogens with one attached hydrogen (secondary N) is 1. The zero-order chi connectivity index (χ0) is 7.84. The molecule has 0 unspecified atom stereocenters. The maximum absolute atomic E-state index is 11.1. The fourth-order valence-electron chi connectivity index (χ4n) is 0.937. The standard InChI is InChI=1S/C6H4N3O.Tl/c10-5-1-2-8-9-4-3-7-6(5)9;/h1-3,8H;. The van der Waals surface area contributed by atoms with Crippen LogP contribution in [0.5, 0.6) is 0 Å². The second kappa shape index (κ2) is 2.43. The van der Waals surface area contributed by atoms with Gasteiger partial charge in [0, 0.05) is 0 Å². The molecule has 0 bridgehead atoms. The molecule has 1 N–H and O–H groups in total. The van der Waals surface area contributed by atoms with Gasteiger partial charge in [-0.2, -0.15) is 0 Å². The van der Waals surface area contributed by atoms with Gasteiger partial charge in [0.1, 0.15) is 0 Å². The summed E-state index contributed by atoms with van der Waals surface area (Å²) in [6.07, 6.45) is 3.36. The van der Waals surface area contributed by atoms with Gasteiger partial charge in [-0.05, 0) is 0 Å². The van der Waals surface area contributed by atoms with Crippen LogP contribution in [0.15, 0.2) is 23.3 Å². The Hall–Kier alpha value is -0.658. The Bertz CT molecular complexity index is 444. The predicted octanol–water partition coefficient (Wildman–Crippen LogP) is -1.18. The van der Waals surface area contributed by atoms with Crippen LogP contribution in [0.2, 0.25) is 0 Å². The molecular weight excluding hydrogens is 334 g/mol. The third kappa shape index (κ3) is 1.01. The average molecular weight is 339 g/mol. The molecule has 0 saturated carbocycles. The Kier molecular flexibility index (Phi) is 1.55. The van der Waals surface area contributed by atoms with E-state index in [0.29, 0.717) is 31.4 Å². The van der Waals surface area contributed by atoms with Gasteiger partial charge in [-0.3, -0.25) is 0 Å². The van der Waals surface area contributed by atoms with E-state index < -0.39 is 0 Å². The molecule has 0 amide bonds. The van der Waals surface area contributed by atoms with Crippen molar-refractivity contribution < 1.29 is 0 Å². The van der Waals surface area contributed by atoms with Crippen molar-refractivity contribution >= 4 is 34.7 Å². The number of hydrogen-bond acceptors (Lipinski definition) is 2. The van der Waals surface area contributed by atoms with Gasteiger partial charge < -0.3 is 0 Å². The zero-order valence-corrected chi connectivity index (χ0v) is 10.1. The number of aromatic amines is 1. The molecular formula is C6H4N3OTl. The summed E-state index contributed by atoms with van der Waals surface area (Å²) in [5.74, 6) is 0. The molecule has 0 spiro atoms. The van der Waals surface area contributed by atoms with E-state index in [1.165, 1.54) is 6.07 Å². The van der Waals surface area contributed by atoms with Crippen molar-refractivity contribution in [3.63, 3.8) is 0 Å². The second-order valence-corrected chi connectivity index (χ2v) is 4.47. The van der Waals surface area contributed by atoms with Gasteiger partial charge in [0.25, 0.3) is 0 Å². The number of rotatable bonds is 0. The molecule has 0 aliphatic rings. The van der Waals surface area contributed by atoms with Crippen LogP contribution in [0.1, 0.15) is 0 Å². The van der Waals surface area contributed by atoms with Crippen molar-refractivity contribution in [3.8, 4) is 0 Å². The monoisotopic (exact) mass is 339 g/mol. The third-order valence-electron chi connectivity index (χ3n) is 1.45. The van der Waals surface area contributed by atoms with E-state index in [9.17, 15) is 4.79 Å². The molecule has 5 heteroatoms. The molecule has 0 aromatic carbocycles. The van der Waals surface area contributed by atoms with Crippen LogP contribution >= 0.6 is 0 Å². The molecule has 0 fully saturated rings. The molecule has 0 aliphatic carbocycles. The number of imidazole rings is 1. The molecule has 2 rings (SSSR count). The Morgan fingerprint density at radius 2 is 2.45 bits per heavy atom. The molecule has 0 saturated heterocycles. The van der Waals surface area contributed by atoms with Crippen molar-refractivity contribution in [1.82, 2.24) is 14.6 Å². The summed E-state index contributed by atoms with van der Waals surface area (Å²) in [4.78, 5) is 15.1. The van der Waals surface area contributed by atoms with Crippen molar-refractivity contribution in [2.24, 2.45) is 0 Å². The summed E-state index contributed by atoms with van der Waals surface area (Å²) in [6.45, 7) is 0. The average Bonchev–Trinajstić information content (AvgIpc) is 2.35. The number of aromatic nitrogens is 3. The van der Waals surface area contributed by atoms with Gasteiger partial charge in [-0.1, -0.05) is 0 Å². The molecule has 2 aromatic heterocycles. The second-order valence-electron chi connectivity index (χ2n) is 2.17. The molecule has 0 atom stereocenters. The van der Waals surface area contributed by atoms with Crippen LogP contribution in [0.25, 0.3) is 5.65 Å². The predicted molar refractivity (Wildman–Crippen MR) is 41.2 cm³/mol. The number of nitrogens with zero attached hydrogens (tertiary/aromatic N) is 2. The quantitative estimate of drug-likeness (QED) is 0.615. The van der Waals surface area contributed by atoms with E-state index >= 15 is 0 Å². The summed E-state index contributed by atoms with van der Waals surface area (Å²) in [5, 5.41) is 2.94. The van der Waals surface area contributed by atoms with Crippen LogP contribution in [0.3, 0.4) is 0 Å². The van der Waals surface area contributed by atoms with E-state index in [-0.39, 0.29) is 5.43 Å². The first-order valence-electron chi connectivity index (χ1n) is 3.09. The molecule has 0 radical (unpaired) electrons. The fraction of sp³-hybridized carbons (Fsp3) is 0. The normalized spacial score (nSPS) is 10.5. The fourth-order valence-corrected chi connectivity index (χ4v) is 1.99. The number of H-pyrrole nitrogens is 1. The van der Waals surface area contributed by atoms with Gasteiger partial charge in [0.15, 0.2) is 0 Å². The van der Waals surface area contributed by atoms with Crippen molar-refractivity contribution in [2.45, 2.75) is 0 Å². The first-order valence-corrected chi connectivity index (χ1v) is 5.34. The molecule has 52 valence electrons. The van der Waals surface area contributed by atoms with E-state index in [0.717, 1.165) is 3.25 Å². The van der Waals surface area contributed by atoms with Gasteiger partial charge in [-0.15, -0.1) is 0 Å². The topological polar surface area (TPSA) is 50.2 Å². The van der Waals surface area contributed by atoms with Crippen LogP contribution < -0.4 is 8.68 Å². The van der Waals surface area contributed by atoms with Crippen LogP contribution in [0, 0.1) is 0 Å². The van der Waals surface area contributed by atoms with E-state index in [1.54, 1.807) is 16.9 Å². The van der Waals surface area contributed by atoms with Gasteiger partial charge >= 0.3 is 77.9 Å². The summed E-state index contributed by atoms with van der Waals surface area (Å²) in [7, 11) is 0. The summed E-state index contributed by atoms with van der Waals surface area (Å²) < 4.78 is 2.82. The van der Waals surface area contributed by atoms with Crippen molar-refractivity contribution in [1.29, 1.82) is 0 Å². The minimum absolute atomic E-state index is 0.0318. The Morgan fingerprint density at radius 1 is 1.64 bits per heavy atom. The Balaban J connectivity index is 3.06. The summed E-state index contributed by atoms with van der Waals surface area (Å²) in [6, 6.07) is 1.48. The minimum atomic E-state index is -0.0318. The Labute approximate surface area is 77.9 Å². The van der Waals surface area contributed by atoms with E-state index in [4.69, 9.17) is 0 Å². The van der Waals surface area contributed by atoms with Crippen molar-refractivity contribution in [3.05, 3.63) is 28.7 Å². The molecule has 11 heavy (non-hydrogen) atoms. The van der Waals surface area contributed by atoms with Gasteiger partial charge in [0.05, 0.1) is 0 Å². The third-order valence-corrected chi connectivity index (χ3v) is 3.03. The number of fused-ring (bicyclic) bond motifs is 1. The first kappa shape index (κ1) is 7.02. The summed E-state index contributed by atoms with van der Waals surface area (Å²) >= 11 is 0.688. The van der Waals surface area contributed by atoms with Crippen LogP contribution in [-0.4, -0.2) is 40.4 Å². The SMILES string of the molecule is O=c1cc[nH]n2[c]([Tl])cnc12. The van der Waals surface area contributed by atoms with E-state index in [1.807, 2.05) is 0 Å². The first-order chi connectivity index (χ1) is 5.29. The molecule has 2 aromatic rings. The van der Waals surface area contributed by atoms with Gasteiger partial charge in [-0.25, -0.2) is 0 Å².